The molecule has 0 aliphatic carbocycles. The monoisotopic (exact) mass is 503 g/mol. The Labute approximate surface area is 216 Å². The van der Waals surface area contributed by atoms with Gasteiger partial charge >= 0.3 is 6.09 Å². The summed E-state index contributed by atoms with van der Waals surface area (Å²) in [7, 11) is 0. The van der Waals surface area contributed by atoms with E-state index in [2.05, 4.69) is 15.1 Å². The van der Waals surface area contributed by atoms with Gasteiger partial charge < -0.3 is 19.9 Å². The van der Waals surface area contributed by atoms with Crippen molar-refractivity contribution in [2.24, 2.45) is 11.8 Å². The third-order valence-electron chi connectivity index (χ3n) is 7.46. The average Bonchev–Trinajstić information content (AvgIpc) is 3.59. The van der Waals surface area contributed by atoms with Crippen LogP contribution < -0.4 is 10.1 Å². The maximum Gasteiger partial charge on any atom is 0.413 e. The van der Waals surface area contributed by atoms with Crippen molar-refractivity contribution < 1.29 is 14.3 Å². The zero-order valence-electron chi connectivity index (χ0n) is 20.9. The molecule has 7 heteroatoms. The van der Waals surface area contributed by atoms with E-state index in [4.69, 9.17) is 4.74 Å². The molecule has 1 N–H and O–H groups in total. The molecule has 36 heavy (non-hydrogen) atoms. The van der Waals surface area contributed by atoms with Crippen LogP contribution >= 0.6 is 11.3 Å². The van der Waals surface area contributed by atoms with Crippen LogP contribution in [0.4, 0.5) is 4.79 Å². The van der Waals surface area contributed by atoms with Crippen molar-refractivity contribution in [3.05, 3.63) is 88.3 Å². The van der Waals surface area contributed by atoms with Gasteiger partial charge in [0.1, 0.15) is 0 Å². The molecule has 0 saturated carbocycles. The molecule has 3 aromatic rings. The van der Waals surface area contributed by atoms with Crippen LogP contribution in [0.15, 0.2) is 66.0 Å². The Bertz CT molecular complexity index is 1160. The fourth-order valence-corrected chi connectivity index (χ4v) is 6.22. The molecule has 6 nitrogen and oxygen atoms in total. The molecule has 2 aliphatic rings. The number of nitrogens with one attached hydrogen (secondary N) is 1. The highest BCUT2D eigenvalue weighted by Crippen LogP contribution is 2.33. The fraction of sp³-hybridized carbons (Fsp3) is 0.379. The number of carbonyl (C=O) groups excluding carboxylic acids is 2. The predicted molar refractivity (Wildman–Crippen MR) is 143 cm³/mol. The Morgan fingerprint density at radius 1 is 0.944 bits per heavy atom. The highest BCUT2D eigenvalue weighted by Gasteiger charge is 2.42. The van der Waals surface area contributed by atoms with E-state index in [1.807, 2.05) is 73.8 Å². The Morgan fingerprint density at radius 2 is 1.64 bits per heavy atom. The number of nitrogens with zero attached hydrogens (tertiary/aromatic N) is 2. The molecule has 2 saturated heterocycles. The fourth-order valence-electron chi connectivity index (χ4n) is 5.65. The van der Waals surface area contributed by atoms with E-state index in [1.54, 1.807) is 6.07 Å². The van der Waals surface area contributed by atoms with Gasteiger partial charge in [0, 0.05) is 38.3 Å². The number of ether oxygens (including phenoxy) is 1. The lowest BCUT2D eigenvalue weighted by Crippen LogP contribution is -2.36. The quantitative estimate of drug-likeness (QED) is 0.476. The molecule has 0 spiro atoms. The van der Waals surface area contributed by atoms with E-state index in [-0.39, 0.29) is 11.9 Å². The summed E-state index contributed by atoms with van der Waals surface area (Å²) in [5.74, 6) is 1.18. The van der Waals surface area contributed by atoms with Gasteiger partial charge in [-0.2, -0.15) is 0 Å². The van der Waals surface area contributed by atoms with Crippen LogP contribution in [0, 0.1) is 25.7 Å². The molecule has 0 radical (unpaired) electrons. The lowest BCUT2D eigenvalue weighted by atomic mass is 10.0. The summed E-state index contributed by atoms with van der Waals surface area (Å²) in [6, 6.07) is 19.7. The Balaban J connectivity index is 1.16. The smallest absolute Gasteiger partial charge is 0.399 e. The summed E-state index contributed by atoms with van der Waals surface area (Å²) >= 11 is 1.40. The largest absolute Gasteiger partial charge is 0.413 e. The van der Waals surface area contributed by atoms with Crippen LogP contribution in [0.25, 0.3) is 0 Å². The van der Waals surface area contributed by atoms with Gasteiger partial charge in [-0.15, -0.1) is 11.3 Å². The molecule has 2 amide bonds. The number of aryl methyl sites for hydroxylation is 2. The molecule has 3 heterocycles. The van der Waals surface area contributed by atoms with Gasteiger partial charge in [-0.3, -0.25) is 4.79 Å². The topological polar surface area (TPSA) is 61.9 Å². The first-order valence-electron chi connectivity index (χ1n) is 12.6. The van der Waals surface area contributed by atoms with Gasteiger partial charge in [0.05, 0.1) is 6.04 Å². The number of thiophene rings is 1. The van der Waals surface area contributed by atoms with Gasteiger partial charge in [-0.25, -0.2) is 4.79 Å². The molecule has 2 aliphatic heterocycles. The van der Waals surface area contributed by atoms with Crippen LogP contribution in [0.3, 0.4) is 0 Å². The zero-order valence-corrected chi connectivity index (χ0v) is 21.7. The first-order valence-corrected chi connectivity index (χ1v) is 13.5. The molecular formula is C29H33N3O3S. The van der Waals surface area contributed by atoms with E-state index in [0.29, 0.717) is 16.9 Å². The van der Waals surface area contributed by atoms with Gasteiger partial charge in [0.25, 0.3) is 5.91 Å². The lowest BCUT2D eigenvalue weighted by molar-refractivity contribution is 0.0772. The van der Waals surface area contributed by atoms with Crippen molar-refractivity contribution in [1.29, 1.82) is 0 Å². The minimum Gasteiger partial charge on any atom is -0.399 e. The Kier molecular flexibility index (Phi) is 7.39. The Morgan fingerprint density at radius 3 is 2.28 bits per heavy atom. The second-order valence-corrected chi connectivity index (χ2v) is 10.9. The number of fused-ring (bicyclic) bond motifs is 1. The molecule has 2 aromatic carbocycles. The van der Waals surface area contributed by atoms with Crippen LogP contribution in [0.2, 0.25) is 0 Å². The van der Waals surface area contributed by atoms with E-state index in [0.717, 1.165) is 61.4 Å². The third-order valence-corrected chi connectivity index (χ3v) is 8.21. The second kappa shape index (κ2) is 10.8. The molecule has 2 fully saturated rings. The van der Waals surface area contributed by atoms with Gasteiger partial charge in [-0.1, -0.05) is 48.5 Å². The van der Waals surface area contributed by atoms with E-state index >= 15 is 0 Å². The third kappa shape index (κ3) is 5.47. The zero-order chi connectivity index (χ0) is 25.1. The number of carbonyl (C=O) groups is 2. The number of amides is 2. The average molecular weight is 504 g/mol. The van der Waals surface area contributed by atoms with Crippen molar-refractivity contribution in [3.63, 3.8) is 0 Å². The number of benzene rings is 2. The first kappa shape index (κ1) is 24.5. The highest BCUT2D eigenvalue weighted by molar-refractivity contribution is 7.11. The van der Waals surface area contributed by atoms with Crippen LogP contribution in [-0.2, 0) is 0 Å². The molecule has 0 bridgehead atoms. The summed E-state index contributed by atoms with van der Waals surface area (Å²) in [5, 5.41) is 5.54. The van der Waals surface area contributed by atoms with Gasteiger partial charge in [0.15, 0.2) is 5.06 Å². The van der Waals surface area contributed by atoms with Crippen LogP contribution in [0.1, 0.15) is 39.5 Å². The normalized spacial score (nSPS) is 20.2. The second-order valence-electron chi connectivity index (χ2n) is 9.97. The van der Waals surface area contributed by atoms with E-state index < -0.39 is 6.09 Å². The number of likely N-dealkylation sites (tertiary alicyclic amines) is 2. The molecule has 3 atom stereocenters. The summed E-state index contributed by atoms with van der Waals surface area (Å²) in [6.45, 7) is 8.54. The van der Waals surface area contributed by atoms with Crippen molar-refractivity contribution in [2.75, 3.05) is 32.7 Å². The van der Waals surface area contributed by atoms with E-state index in [9.17, 15) is 9.59 Å². The highest BCUT2D eigenvalue weighted by atomic mass is 32.1. The van der Waals surface area contributed by atoms with Gasteiger partial charge in [0.2, 0.25) is 0 Å². The first-order chi connectivity index (χ1) is 17.5. The minimum absolute atomic E-state index is 0.124. The lowest BCUT2D eigenvalue weighted by Gasteiger charge is -2.25. The predicted octanol–water partition coefficient (Wildman–Crippen LogP) is 5.29. The molecule has 2 unspecified atom stereocenters. The van der Waals surface area contributed by atoms with Crippen LogP contribution in [0.5, 0.6) is 5.06 Å². The van der Waals surface area contributed by atoms with Crippen molar-refractivity contribution >= 4 is 23.3 Å². The number of rotatable bonds is 7. The SMILES string of the molecule is Cc1cccc(C)c1C(=O)N1CC2CN(CCC(NC(=O)Oc3cccs3)c3ccccc3)C[C@H]2C1. The molecule has 5 rings (SSSR count). The van der Waals surface area contributed by atoms with E-state index in [1.165, 1.54) is 11.3 Å². The molecule has 188 valence electrons. The standard InChI is InChI=1S/C29H33N3O3S/c1-20-8-6-9-21(2)27(20)28(33)32-18-23-16-31(17-24(23)19-32)14-13-25(22-10-4-3-5-11-22)30-29(34)35-26-12-7-15-36-26/h3-12,15,23-25H,13-14,16-19H2,1-2H3,(H,30,34)/t23-,24?,25?/m0/s1. The maximum atomic E-state index is 13.3. The number of hydrogen-bond acceptors (Lipinski definition) is 5. The molecular weight excluding hydrogens is 470 g/mol. The summed E-state index contributed by atoms with van der Waals surface area (Å²) in [4.78, 5) is 30.3. The maximum absolute atomic E-state index is 13.3. The van der Waals surface area contributed by atoms with Crippen molar-refractivity contribution in [1.82, 2.24) is 15.1 Å². The van der Waals surface area contributed by atoms with Crippen molar-refractivity contribution in [2.45, 2.75) is 26.3 Å². The summed E-state index contributed by atoms with van der Waals surface area (Å²) < 4.78 is 5.44. The minimum atomic E-state index is -0.426. The number of hydrogen-bond donors (Lipinski definition) is 1. The van der Waals surface area contributed by atoms with Crippen molar-refractivity contribution in [3.8, 4) is 5.06 Å². The summed E-state index contributed by atoms with van der Waals surface area (Å²) in [6.07, 6.45) is 0.374. The van der Waals surface area contributed by atoms with Crippen LogP contribution in [-0.4, -0.2) is 54.5 Å². The summed E-state index contributed by atoms with van der Waals surface area (Å²) in [5.41, 5.74) is 4.04. The Hall–Kier alpha value is -3.16. The van der Waals surface area contributed by atoms with Gasteiger partial charge in [-0.05, 0) is 66.3 Å². The molecule has 1 aromatic heterocycles.